The smallest absolute Gasteiger partial charge is 0.314 e. The van der Waals surface area contributed by atoms with Gasteiger partial charge in [0.25, 0.3) is 0 Å². The van der Waals surface area contributed by atoms with Crippen LogP contribution in [0.5, 0.6) is 5.75 Å². The van der Waals surface area contributed by atoms with Crippen molar-refractivity contribution in [3.05, 3.63) is 54.4 Å². The van der Waals surface area contributed by atoms with Crippen molar-refractivity contribution in [2.24, 2.45) is 5.92 Å². The molecule has 0 fully saturated rings. The second kappa shape index (κ2) is 6.64. The topological polar surface area (TPSA) is 52.1 Å². The summed E-state index contributed by atoms with van der Waals surface area (Å²) in [5, 5.41) is 0. The lowest BCUT2D eigenvalue weighted by molar-refractivity contribution is -0.139. The van der Waals surface area contributed by atoms with Crippen LogP contribution in [0.15, 0.2) is 42.7 Å². The molecule has 0 N–H and O–H groups in total. The molecule has 0 saturated heterocycles. The summed E-state index contributed by atoms with van der Waals surface area (Å²) in [6.07, 6.45) is 8.73. The average molecular weight is 316 g/mol. The van der Waals surface area contributed by atoms with E-state index in [0.29, 0.717) is 12.8 Å². The molecular formula is C17H14F2N2O2. The Morgan fingerprint density at radius 2 is 1.91 bits per heavy atom. The molecule has 1 unspecified atom stereocenters. The lowest BCUT2D eigenvalue weighted by Crippen LogP contribution is -2.22. The van der Waals surface area contributed by atoms with Gasteiger partial charge in [0.15, 0.2) is 17.4 Å². The van der Waals surface area contributed by atoms with Crippen LogP contribution in [-0.4, -0.2) is 15.9 Å². The summed E-state index contributed by atoms with van der Waals surface area (Å²) in [6.45, 7) is 0. The van der Waals surface area contributed by atoms with Gasteiger partial charge in [0, 0.05) is 12.4 Å². The summed E-state index contributed by atoms with van der Waals surface area (Å²) in [6, 6.07) is 4.10. The number of nitrogens with zero attached hydrogens (tertiary/aromatic N) is 2. The fourth-order valence-corrected chi connectivity index (χ4v) is 2.42. The highest BCUT2D eigenvalue weighted by molar-refractivity contribution is 5.76. The molecule has 1 aromatic carbocycles. The van der Waals surface area contributed by atoms with Gasteiger partial charge in [-0.25, -0.2) is 14.4 Å². The molecule has 1 aromatic heterocycles. The molecule has 118 valence electrons. The molecule has 0 bridgehead atoms. The largest absolute Gasteiger partial charge is 0.423 e. The van der Waals surface area contributed by atoms with Gasteiger partial charge in [-0.15, -0.1) is 0 Å². The standard InChI is InChI=1S/C17H14F2N2O2/c18-14-12(16-20-9-4-10-21-16)7-8-13(15(14)19)23-17(22)11-5-2-1-3-6-11/h1-2,4,7-11H,3,5-6H2. The van der Waals surface area contributed by atoms with E-state index >= 15 is 0 Å². The number of benzene rings is 1. The molecule has 0 aliphatic heterocycles. The Morgan fingerprint density at radius 1 is 1.13 bits per heavy atom. The average Bonchev–Trinajstić information content (AvgIpc) is 2.60. The number of rotatable bonds is 3. The summed E-state index contributed by atoms with van der Waals surface area (Å²) < 4.78 is 33.4. The molecular weight excluding hydrogens is 302 g/mol. The minimum Gasteiger partial charge on any atom is -0.423 e. The Balaban J connectivity index is 1.83. The summed E-state index contributed by atoms with van der Waals surface area (Å²) in [4.78, 5) is 19.8. The van der Waals surface area contributed by atoms with E-state index in [1.165, 1.54) is 24.5 Å². The van der Waals surface area contributed by atoms with E-state index in [0.717, 1.165) is 6.42 Å². The second-order valence-electron chi connectivity index (χ2n) is 5.21. The predicted molar refractivity (Wildman–Crippen MR) is 79.5 cm³/mol. The number of allylic oxidation sites excluding steroid dienone is 2. The molecule has 6 heteroatoms. The lowest BCUT2D eigenvalue weighted by atomic mass is 9.95. The number of aromatic nitrogens is 2. The summed E-state index contributed by atoms with van der Waals surface area (Å²) in [7, 11) is 0. The maximum Gasteiger partial charge on any atom is 0.314 e. The predicted octanol–water partition coefficient (Wildman–Crippen LogP) is 3.68. The third-order valence-corrected chi connectivity index (χ3v) is 3.67. The Labute approximate surface area is 131 Å². The van der Waals surface area contributed by atoms with Crippen molar-refractivity contribution >= 4 is 5.97 Å². The Morgan fingerprint density at radius 3 is 2.61 bits per heavy atom. The number of hydrogen-bond donors (Lipinski definition) is 0. The minimum atomic E-state index is -1.21. The first-order valence-electron chi connectivity index (χ1n) is 7.29. The van der Waals surface area contributed by atoms with Gasteiger partial charge < -0.3 is 4.74 Å². The highest BCUT2D eigenvalue weighted by Crippen LogP contribution is 2.29. The molecule has 0 spiro atoms. The first kappa shape index (κ1) is 15.3. The van der Waals surface area contributed by atoms with E-state index < -0.39 is 23.4 Å². The van der Waals surface area contributed by atoms with Gasteiger partial charge in [0.1, 0.15) is 0 Å². The summed E-state index contributed by atoms with van der Waals surface area (Å²) in [5.74, 6) is -3.56. The summed E-state index contributed by atoms with van der Waals surface area (Å²) in [5.41, 5.74) is -0.0801. The normalized spacial score (nSPS) is 17.0. The van der Waals surface area contributed by atoms with Crippen LogP contribution >= 0.6 is 0 Å². The zero-order chi connectivity index (χ0) is 16.2. The zero-order valence-corrected chi connectivity index (χ0v) is 12.2. The third-order valence-electron chi connectivity index (χ3n) is 3.67. The molecule has 4 nitrogen and oxygen atoms in total. The lowest BCUT2D eigenvalue weighted by Gasteiger charge is -2.16. The molecule has 23 heavy (non-hydrogen) atoms. The van der Waals surface area contributed by atoms with E-state index in [4.69, 9.17) is 4.74 Å². The van der Waals surface area contributed by atoms with E-state index in [1.807, 2.05) is 12.2 Å². The highest BCUT2D eigenvalue weighted by atomic mass is 19.2. The third kappa shape index (κ3) is 3.26. The Hall–Kier alpha value is -2.63. The van der Waals surface area contributed by atoms with Crippen molar-refractivity contribution in [1.82, 2.24) is 9.97 Å². The van der Waals surface area contributed by atoms with Crippen molar-refractivity contribution < 1.29 is 18.3 Å². The first-order valence-corrected chi connectivity index (χ1v) is 7.29. The molecule has 0 radical (unpaired) electrons. The second-order valence-corrected chi connectivity index (χ2v) is 5.21. The molecule has 1 atom stereocenters. The number of ether oxygens (including phenoxy) is 1. The number of esters is 1. The fraction of sp³-hybridized carbons (Fsp3) is 0.235. The van der Waals surface area contributed by atoms with Crippen molar-refractivity contribution in [3.63, 3.8) is 0 Å². The van der Waals surface area contributed by atoms with Crippen molar-refractivity contribution in [2.75, 3.05) is 0 Å². The molecule has 1 heterocycles. The van der Waals surface area contributed by atoms with Crippen LogP contribution in [0.2, 0.25) is 0 Å². The SMILES string of the molecule is O=C(Oc1ccc(-c2ncccn2)c(F)c1F)C1CC=CCC1. The van der Waals surface area contributed by atoms with Gasteiger partial charge >= 0.3 is 5.97 Å². The van der Waals surface area contributed by atoms with Gasteiger partial charge in [-0.3, -0.25) is 4.79 Å². The van der Waals surface area contributed by atoms with Crippen LogP contribution in [0.25, 0.3) is 11.4 Å². The molecule has 1 aliphatic carbocycles. The van der Waals surface area contributed by atoms with Gasteiger partial charge in [-0.05, 0) is 37.5 Å². The van der Waals surface area contributed by atoms with Gasteiger partial charge in [-0.1, -0.05) is 12.2 Å². The fourth-order valence-electron chi connectivity index (χ4n) is 2.42. The van der Waals surface area contributed by atoms with Gasteiger partial charge in [0.2, 0.25) is 5.82 Å². The van der Waals surface area contributed by atoms with E-state index in [-0.39, 0.29) is 17.3 Å². The van der Waals surface area contributed by atoms with Crippen LogP contribution in [0.3, 0.4) is 0 Å². The van der Waals surface area contributed by atoms with Crippen molar-refractivity contribution in [3.8, 4) is 17.1 Å². The minimum absolute atomic E-state index is 0.0687. The highest BCUT2D eigenvalue weighted by Gasteiger charge is 2.24. The number of carbonyl (C=O) groups is 1. The Kier molecular flexibility index (Phi) is 4.41. The van der Waals surface area contributed by atoms with E-state index in [1.54, 1.807) is 6.07 Å². The van der Waals surface area contributed by atoms with Gasteiger partial charge in [0.05, 0.1) is 11.5 Å². The monoisotopic (exact) mass is 316 g/mol. The van der Waals surface area contributed by atoms with Crippen LogP contribution in [0, 0.1) is 17.6 Å². The zero-order valence-electron chi connectivity index (χ0n) is 12.2. The van der Waals surface area contributed by atoms with Crippen LogP contribution in [0.1, 0.15) is 19.3 Å². The molecule has 3 rings (SSSR count). The first-order chi connectivity index (χ1) is 11.2. The van der Waals surface area contributed by atoms with Crippen molar-refractivity contribution in [2.45, 2.75) is 19.3 Å². The van der Waals surface area contributed by atoms with Gasteiger partial charge in [-0.2, -0.15) is 4.39 Å². The van der Waals surface area contributed by atoms with Crippen LogP contribution in [-0.2, 0) is 4.79 Å². The van der Waals surface area contributed by atoms with Crippen molar-refractivity contribution in [1.29, 1.82) is 0 Å². The molecule has 2 aromatic rings. The maximum absolute atomic E-state index is 14.2. The van der Waals surface area contributed by atoms with E-state index in [9.17, 15) is 13.6 Å². The van der Waals surface area contributed by atoms with Crippen LogP contribution < -0.4 is 4.74 Å². The van der Waals surface area contributed by atoms with Crippen LogP contribution in [0.4, 0.5) is 8.78 Å². The van der Waals surface area contributed by atoms with E-state index in [2.05, 4.69) is 9.97 Å². The number of halogens is 2. The number of hydrogen-bond acceptors (Lipinski definition) is 4. The quantitative estimate of drug-likeness (QED) is 0.492. The number of carbonyl (C=O) groups excluding carboxylic acids is 1. The summed E-state index contributed by atoms with van der Waals surface area (Å²) >= 11 is 0. The maximum atomic E-state index is 14.2. The molecule has 0 amide bonds. The Bertz CT molecular complexity index is 748. The molecule has 1 aliphatic rings. The molecule has 0 saturated carbocycles.